The molecule has 1 unspecified atom stereocenters. The van der Waals surface area contributed by atoms with Crippen LogP contribution in [0.15, 0.2) is 35.0 Å². The van der Waals surface area contributed by atoms with Crippen molar-refractivity contribution in [2.24, 2.45) is 0 Å². The molecule has 0 saturated carbocycles. The highest BCUT2D eigenvalue weighted by Gasteiger charge is 2.39. The molecule has 2 aromatic heterocycles. The highest BCUT2D eigenvalue weighted by atomic mass is 35.5. The predicted octanol–water partition coefficient (Wildman–Crippen LogP) is 5.18. The third-order valence-electron chi connectivity index (χ3n) is 5.51. The Kier molecular flexibility index (Phi) is 5.85. The molecule has 0 spiro atoms. The Bertz CT molecular complexity index is 1170. The van der Waals surface area contributed by atoms with Gasteiger partial charge in [-0.2, -0.15) is 4.98 Å². The Balaban J connectivity index is 1.55. The summed E-state index contributed by atoms with van der Waals surface area (Å²) in [6, 6.07) is 7.17. The van der Waals surface area contributed by atoms with Crippen LogP contribution in [0.25, 0.3) is 22.8 Å². The van der Waals surface area contributed by atoms with Gasteiger partial charge in [-0.25, -0.2) is 13.8 Å². The van der Waals surface area contributed by atoms with Crippen LogP contribution >= 0.6 is 11.6 Å². The molecule has 3 heterocycles. The van der Waals surface area contributed by atoms with Crippen LogP contribution in [0.4, 0.5) is 14.6 Å². The lowest BCUT2D eigenvalue weighted by molar-refractivity contribution is -0.137. The van der Waals surface area contributed by atoms with Gasteiger partial charge in [-0.15, -0.1) is 0 Å². The molecule has 1 aliphatic heterocycles. The molecule has 1 aliphatic rings. The van der Waals surface area contributed by atoms with E-state index in [9.17, 15) is 13.6 Å². The largest absolute Gasteiger partial charge is 0.481 e. The number of rotatable bonds is 6. The number of carboxylic acids is 1. The van der Waals surface area contributed by atoms with Gasteiger partial charge in [0.15, 0.2) is 0 Å². The van der Waals surface area contributed by atoms with Crippen molar-refractivity contribution in [2.75, 3.05) is 18.0 Å². The van der Waals surface area contributed by atoms with Crippen LogP contribution in [0.3, 0.4) is 0 Å². The highest BCUT2D eigenvalue weighted by Crippen LogP contribution is 2.35. The molecule has 1 fully saturated rings. The zero-order valence-corrected chi connectivity index (χ0v) is 18.2. The first kappa shape index (κ1) is 22.1. The van der Waals surface area contributed by atoms with E-state index in [1.807, 2.05) is 32.0 Å². The van der Waals surface area contributed by atoms with Crippen LogP contribution in [0.1, 0.15) is 36.8 Å². The molecule has 1 saturated heterocycles. The van der Waals surface area contributed by atoms with Gasteiger partial charge in [-0.1, -0.05) is 41.9 Å². The number of benzene rings is 1. The van der Waals surface area contributed by atoms with E-state index < -0.39 is 18.4 Å². The number of hydrogen-bond acceptors (Lipinski definition) is 6. The maximum absolute atomic E-state index is 13.5. The van der Waals surface area contributed by atoms with Crippen molar-refractivity contribution in [3.63, 3.8) is 0 Å². The van der Waals surface area contributed by atoms with Crippen molar-refractivity contribution in [3.05, 3.63) is 46.6 Å². The Hall–Kier alpha value is -3.07. The first-order chi connectivity index (χ1) is 15.1. The molecule has 0 bridgehead atoms. The molecule has 1 N–H and O–H groups in total. The summed E-state index contributed by atoms with van der Waals surface area (Å²) in [4.78, 5) is 21.1. The monoisotopic (exact) mass is 462 g/mol. The summed E-state index contributed by atoms with van der Waals surface area (Å²) >= 11 is 6.30. The summed E-state index contributed by atoms with van der Waals surface area (Å²) < 4.78 is 32.4. The summed E-state index contributed by atoms with van der Waals surface area (Å²) in [7, 11) is 0. The van der Waals surface area contributed by atoms with Gasteiger partial charge >= 0.3 is 5.97 Å². The molecule has 3 aromatic rings. The van der Waals surface area contributed by atoms with Crippen molar-refractivity contribution in [1.29, 1.82) is 0 Å². The summed E-state index contributed by atoms with van der Waals surface area (Å²) in [6.07, 6.45) is 1.29. The quantitative estimate of drug-likeness (QED) is 0.539. The number of hydrogen-bond donors (Lipinski definition) is 1. The Morgan fingerprint density at radius 3 is 2.78 bits per heavy atom. The third-order valence-corrected chi connectivity index (χ3v) is 5.78. The van der Waals surface area contributed by atoms with Crippen LogP contribution in [-0.2, 0) is 4.79 Å². The van der Waals surface area contributed by atoms with Gasteiger partial charge in [0.25, 0.3) is 11.8 Å². The first-order valence-corrected chi connectivity index (χ1v) is 10.5. The van der Waals surface area contributed by atoms with E-state index in [0.29, 0.717) is 17.2 Å². The molecule has 1 aromatic carbocycles. The standard InChI is InChI=1S/C22H21ClF2N4O3/c1-12(8-18(30)31)14-3-4-16(13(2)7-14)19-27-21(32-28-19)15-9-17(23)20(26-10-15)29-6-5-22(24,25)11-29/h3-4,7,9-10,12H,5-6,8,11H2,1-2H3,(H,30,31). The van der Waals surface area contributed by atoms with E-state index in [1.54, 1.807) is 6.07 Å². The van der Waals surface area contributed by atoms with Crippen molar-refractivity contribution < 1.29 is 23.2 Å². The number of carboxylic acid groups (broad SMARTS) is 1. The predicted molar refractivity (Wildman–Crippen MR) is 115 cm³/mol. The normalized spacial score (nSPS) is 16.3. The number of halogens is 3. The average molecular weight is 463 g/mol. The highest BCUT2D eigenvalue weighted by molar-refractivity contribution is 6.33. The number of aryl methyl sites for hydroxylation is 1. The van der Waals surface area contributed by atoms with Gasteiger partial charge in [-0.05, 0) is 30.0 Å². The molecule has 0 aliphatic carbocycles. The van der Waals surface area contributed by atoms with Crippen LogP contribution in [-0.4, -0.2) is 45.2 Å². The number of anilines is 1. The summed E-state index contributed by atoms with van der Waals surface area (Å²) in [5, 5.41) is 13.3. The fourth-order valence-corrected chi connectivity index (χ4v) is 4.06. The maximum Gasteiger partial charge on any atom is 0.303 e. The summed E-state index contributed by atoms with van der Waals surface area (Å²) in [6.45, 7) is 3.52. The van der Waals surface area contributed by atoms with Crippen LogP contribution in [0.2, 0.25) is 5.02 Å². The van der Waals surface area contributed by atoms with E-state index in [2.05, 4.69) is 15.1 Å². The van der Waals surface area contributed by atoms with Gasteiger partial charge in [0.2, 0.25) is 5.82 Å². The smallest absolute Gasteiger partial charge is 0.303 e. The van der Waals surface area contributed by atoms with E-state index in [1.165, 1.54) is 11.1 Å². The molecule has 10 heteroatoms. The molecular weight excluding hydrogens is 442 g/mol. The Morgan fingerprint density at radius 2 is 2.16 bits per heavy atom. The van der Waals surface area contributed by atoms with Gasteiger partial charge in [-0.3, -0.25) is 4.79 Å². The Morgan fingerprint density at radius 1 is 1.38 bits per heavy atom. The summed E-state index contributed by atoms with van der Waals surface area (Å²) in [5.41, 5.74) is 3.03. The van der Waals surface area contributed by atoms with Gasteiger partial charge in [0.05, 0.1) is 23.6 Å². The van der Waals surface area contributed by atoms with Crippen molar-refractivity contribution in [3.8, 4) is 22.8 Å². The number of alkyl halides is 2. The second-order valence-electron chi connectivity index (χ2n) is 8.05. The van der Waals surface area contributed by atoms with Crippen molar-refractivity contribution in [1.82, 2.24) is 15.1 Å². The van der Waals surface area contributed by atoms with E-state index >= 15 is 0 Å². The van der Waals surface area contributed by atoms with Gasteiger partial charge in [0.1, 0.15) is 5.82 Å². The molecule has 0 amide bonds. The first-order valence-electron chi connectivity index (χ1n) is 10.1. The molecule has 32 heavy (non-hydrogen) atoms. The number of aliphatic carboxylic acids is 1. The molecule has 0 radical (unpaired) electrons. The van der Waals surface area contributed by atoms with E-state index in [0.717, 1.165) is 16.7 Å². The molecular formula is C22H21ClF2N4O3. The minimum atomic E-state index is -2.75. The lowest BCUT2D eigenvalue weighted by Crippen LogP contribution is -2.25. The van der Waals surface area contributed by atoms with Crippen LogP contribution < -0.4 is 4.90 Å². The molecule has 7 nitrogen and oxygen atoms in total. The average Bonchev–Trinajstić information content (AvgIpc) is 3.34. The Labute approximate surface area is 188 Å². The SMILES string of the molecule is Cc1cc(C(C)CC(=O)O)ccc1-c1noc(-c2cnc(N3CCC(F)(F)C3)c(Cl)c2)n1. The van der Waals surface area contributed by atoms with Crippen LogP contribution in [0.5, 0.6) is 0 Å². The lowest BCUT2D eigenvalue weighted by atomic mass is 9.94. The number of carbonyl (C=O) groups is 1. The minimum Gasteiger partial charge on any atom is -0.481 e. The van der Waals surface area contributed by atoms with Crippen molar-refractivity contribution in [2.45, 2.75) is 38.5 Å². The fraction of sp³-hybridized carbons (Fsp3) is 0.364. The fourth-order valence-electron chi connectivity index (χ4n) is 3.77. The maximum atomic E-state index is 13.5. The zero-order chi connectivity index (χ0) is 23.0. The molecule has 168 valence electrons. The van der Waals surface area contributed by atoms with Crippen molar-refractivity contribution >= 4 is 23.4 Å². The van der Waals surface area contributed by atoms with Crippen LogP contribution in [0, 0.1) is 6.92 Å². The van der Waals surface area contributed by atoms with E-state index in [-0.39, 0.29) is 36.2 Å². The zero-order valence-electron chi connectivity index (χ0n) is 17.5. The molecule has 1 atom stereocenters. The minimum absolute atomic E-state index is 0.0456. The number of nitrogens with zero attached hydrogens (tertiary/aromatic N) is 4. The van der Waals surface area contributed by atoms with Gasteiger partial charge in [0, 0.05) is 24.7 Å². The van der Waals surface area contributed by atoms with E-state index in [4.69, 9.17) is 21.2 Å². The number of aromatic nitrogens is 3. The second kappa shape index (κ2) is 8.46. The number of pyridine rings is 1. The topological polar surface area (TPSA) is 92.3 Å². The van der Waals surface area contributed by atoms with Gasteiger partial charge < -0.3 is 14.5 Å². The summed E-state index contributed by atoms with van der Waals surface area (Å²) in [5.74, 6) is -2.84. The lowest BCUT2D eigenvalue weighted by Gasteiger charge is -2.18. The third kappa shape index (κ3) is 4.57. The second-order valence-corrected chi connectivity index (χ2v) is 8.46. The molecule has 4 rings (SSSR count).